The molecule has 3 aliphatic heterocycles. The van der Waals surface area contributed by atoms with E-state index in [9.17, 15) is 24.6 Å². The lowest BCUT2D eigenvalue weighted by Gasteiger charge is -2.59. The number of carboxylic acid groups (broad SMARTS) is 1. The molecule has 3 aliphatic carbocycles. The van der Waals surface area contributed by atoms with Gasteiger partial charge in [0, 0.05) is 47.1 Å². The van der Waals surface area contributed by atoms with Crippen molar-refractivity contribution >= 4 is 17.5 Å². The number of aliphatic carboxylic acids is 1. The van der Waals surface area contributed by atoms with E-state index in [1.54, 1.807) is 6.08 Å². The van der Waals surface area contributed by atoms with Crippen LogP contribution in [0.5, 0.6) is 17.2 Å². The number of ether oxygens (including phenoxy) is 4. The second kappa shape index (κ2) is 8.82. The number of ketones is 2. The van der Waals surface area contributed by atoms with E-state index in [1.807, 2.05) is 54.5 Å². The molecule has 1 aromatic rings. The van der Waals surface area contributed by atoms with Gasteiger partial charge in [-0.05, 0) is 60.5 Å². The quantitative estimate of drug-likeness (QED) is 0.340. The third kappa shape index (κ3) is 3.43. The van der Waals surface area contributed by atoms with E-state index in [0.29, 0.717) is 23.3 Å². The van der Waals surface area contributed by atoms with Gasteiger partial charge in [-0.2, -0.15) is 0 Å². The van der Waals surface area contributed by atoms with Gasteiger partial charge in [0.25, 0.3) is 0 Å². The van der Waals surface area contributed by atoms with Crippen molar-refractivity contribution in [2.45, 2.75) is 109 Å². The number of aromatic hydroxyl groups is 1. The average molecular weight is 593 g/mol. The molecular weight excluding hydrogens is 552 g/mol. The van der Waals surface area contributed by atoms with Crippen molar-refractivity contribution in [3.8, 4) is 17.2 Å². The number of hydrogen-bond donors (Lipinski definition) is 2. The Bertz CT molecular complexity index is 1600. The second-order valence-corrected chi connectivity index (χ2v) is 14.0. The molecule has 7 rings (SSSR count). The number of allylic oxidation sites excluding steroid dienone is 2. The summed E-state index contributed by atoms with van der Waals surface area (Å²) in [7, 11) is 1.43. The number of carboxylic acids is 1. The topological polar surface area (TPSA) is 129 Å². The Kier molecular flexibility index (Phi) is 6.08. The molecule has 0 aromatic heterocycles. The second-order valence-electron chi connectivity index (χ2n) is 14.0. The van der Waals surface area contributed by atoms with E-state index in [-0.39, 0.29) is 47.2 Å². The maximum absolute atomic E-state index is 14.8. The predicted octanol–water partition coefficient (Wildman–Crippen LogP) is 5.16. The summed E-state index contributed by atoms with van der Waals surface area (Å²) >= 11 is 0. The number of carbonyl (C=O) groups excluding carboxylic acids is 2. The Morgan fingerprint density at radius 1 is 1.12 bits per heavy atom. The molecule has 6 aliphatic rings. The lowest BCUT2D eigenvalue weighted by atomic mass is 9.49. The number of Topliss-reactive ketones (excluding diaryl/α,β-unsaturated/α-hetero) is 2. The van der Waals surface area contributed by atoms with E-state index in [4.69, 9.17) is 18.9 Å². The van der Waals surface area contributed by atoms with Gasteiger partial charge in [-0.15, -0.1) is 0 Å². The summed E-state index contributed by atoms with van der Waals surface area (Å²) in [5, 5.41) is 21.4. The van der Waals surface area contributed by atoms with Gasteiger partial charge in [0.05, 0.1) is 5.60 Å². The Morgan fingerprint density at radius 3 is 2.40 bits per heavy atom. The van der Waals surface area contributed by atoms with Crippen LogP contribution in [0.25, 0.3) is 0 Å². The molecule has 43 heavy (non-hydrogen) atoms. The highest BCUT2D eigenvalue weighted by atomic mass is 16.6. The van der Waals surface area contributed by atoms with Crippen LogP contribution in [-0.4, -0.2) is 63.4 Å². The SMILES string of the molecule is CO[C@]12C=C3C(=O)c4c(O)c(CC=C(C)C)c5c(c4O[C@]34[C@H](C1)C(C)(C)O[C@]4(C/C=C(\C)C(=O)O)C2=O)C(C)(C)[C@H](C)O5. The minimum atomic E-state index is -1.76. The molecule has 1 spiro atoms. The first-order chi connectivity index (χ1) is 19.9. The van der Waals surface area contributed by atoms with Crippen molar-refractivity contribution in [2.75, 3.05) is 7.11 Å². The molecule has 0 amide bonds. The van der Waals surface area contributed by atoms with Gasteiger partial charge in [0.15, 0.2) is 17.0 Å². The van der Waals surface area contributed by atoms with Gasteiger partial charge >= 0.3 is 5.97 Å². The first kappa shape index (κ1) is 29.6. The van der Waals surface area contributed by atoms with E-state index in [0.717, 1.165) is 5.57 Å². The molecule has 9 nitrogen and oxygen atoms in total. The number of hydrogen-bond acceptors (Lipinski definition) is 8. The Labute approximate surface area is 251 Å². The fourth-order valence-corrected chi connectivity index (χ4v) is 8.02. The number of carbonyl (C=O) groups is 3. The van der Waals surface area contributed by atoms with Crippen molar-refractivity contribution in [3.63, 3.8) is 0 Å². The third-order valence-electron chi connectivity index (χ3n) is 10.7. The molecule has 1 aromatic carbocycles. The average Bonchev–Trinajstić information content (AvgIpc) is 3.25. The highest BCUT2D eigenvalue weighted by Gasteiger charge is 2.84. The summed E-state index contributed by atoms with van der Waals surface area (Å²) in [6, 6.07) is 0. The van der Waals surface area contributed by atoms with Crippen LogP contribution in [0, 0.1) is 5.92 Å². The fourth-order valence-electron chi connectivity index (χ4n) is 8.02. The first-order valence-electron chi connectivity index (χ1n) is 14.8. The molecule has 2 fully saturated rings. The smallest absolute Gasteiger partial charge is 0.330 e. The molecule has 0 unspecified atom stereocenters. The predicted molar refractivity (Wildman–Crippen MR) is 157 cm³/mol. The summed E-state index contributed by atoms with van der Waals surface area (Å²) < 4.78 is 26.1. The van der Waals surface area contributed by atoms with Crippen molar-refractivity contribution in [1.82, 2.24) is 0 Å². The summed E-state index contributed by atoms with van der Waals surface area (Å²) in [4.78, 5) is 41.2. The summed E-state index contributed by atoms with van der Waals surface area (Å²) in [6.45, 7) is 15.1. The first-order valence-corrected chi connectivity index (χ1v) is 14.8. The zero-order valence-corrected chi connectivity index (χ0v) is 26.3. The largest absolute Gasteiger partial charge is 0.507 e. The van der Waals surface area contributed by atoms with Crippen LogP contribution in [0.1, 0.15) is 89.7 Å². The lowest BCUT2D eigenvalue weighted by Crippen LogP contribution is -2.77. The van der Waals surface area contributed by atoms with Crippen LogP contribution in [0.3, 0.4) is 0 Å². The Hall–Kier alpha value is -3.43. The molecule has 230 valence electrons. The van der Waals surface area contributed by atoms with Gasteiger partial charge in [0.1, 0.15) is 34.5 Å². The van der Waals surface area contributed by atoms with Crippen LogP contribution in [0.2, 0.25) is 0 Å². The van der Waals surface area contributed by atoms with Gasteiger partial charge in [0.2, 0.25) is 5.78 Å². The third-order valence-corrected chi connectivity index (χ3v) is 10.7. The summed E-state index contributed by atoms with van der Waals surface area (Å²) in [6.07, 6.45) is 5.11. The van der Waals surface area contributed by atoms with Crippen LogP contribution >= 0.6 is 0 Å². The molecule has 3 heterocycles. The molecular formula is C34H40O9. The van der Waals surface area contributed by atoms with Gasteiger partial charge in [-0.25, -0.2) is 4.79 Å². The Morgan fingerprint density at radius 2 is 1.79 bits per heavy atom. The minimum Gasteiger partial charge on any atom is -0.507 e. The zero-order valence-electron chi connectivity index (χ0n) is 26.3. The van der Waals surface area contributed by atoms with Gasteiger partial charge in [-0.1, -0.05) is 31.6 Å². The Balaban J connectivity index is 1.70. The van der Waals surface area contributed by atoms with Crippen molar-refractivity contribution in [3.05, 3.63) is 51.6 Å². The minimum absolute atomic E-state index is 0.0365. The molecule has 1 saturated heterocycles. The fraction of sp³-hybridized carbons (Fsp3) is 0.559. The standard InChI is InChI=1S/C34H40O9/c1-16(2)10-11-19-24(35)22-25(36)20-14-32(40-9)15-21-31(7,8)43-33(29(32)39,13-12-17(3)28(37)38)34(20,21)42-27(22)23-26(19)41-18(4)30(23,5)6/h10,12,14,18,21,35H,11,13,15H2,1-9H3,(H,37,38)/b17-12+/t18-,21+,32+,33+,34-/m0/s1. The summed E-state index contributed by atoms with van der Waals surface area (Å²) in [5.41, 5.74) is -3.91. The number of methoxy groups -OCH3 is 1. The molecule has 5 atom stereocenters. The number of benzene rings is 1. The van der Waals surface area contributed by atoms with E-state index in [2.05, 4.69) is 0 Å². The summed E-state index contributed by atoms with van der Waals surface area (Å²) in [5.74, 6) is -2.05. The molecule has 1 saturated carbocycles. The monoisotopic (exact) mass is 592 g/mol. The molecule has 4 bridgehead atoms. The number of phenols is 1. The van der Waals surface area contributed by atoms with Crippen LogP contribution in [0.4, 0.5) is 0 Å². The van der Waals surface area contributed by atoms with E-state index >= 15 is 0 Å². The number of rotatable bonds is 6. The zero-order chi connectivity index (χ0) is 31.7. The molecule has 0 radical (unpaired) electrons. The maximum Gasteiger partial charge on any atom is 0.330 e. The van der Waals surface area contributed by atoms with Crippen molar-refractivity contribution in [1.29, 1.82) is 0 Å². The number of fused-ring (bicyclic) bond motifs is 3. The highest BCUT2D eigenvalue weighted by Crippen LogP contribution is 2.70. The van der Waals surface area contributed by atoms with Crippen molar-refractivity contribution in [2.24, 2.45) is 5.92 Å². The highest BCUT2D eigenvalue weighted by molar-refractivity contribution is 6.20. The van der Waals surface area contributed by atoms with Crippen molar-refractivity contribution < 1.29 is 43.5 Å². The van der Waals surface area contributed by atoms with Gasteiger partial charge in [-0.3, -0.25) is 9.59 Å². The van der Waals surface area contributed by atoms with E-state index < -0.39 is 51.3 Å². The normalized spacial score (nSPS) is 34.1. The number of phenolic OH excluding ortho intramolecular Hbond substituents is 1. The molecule has 2 N–H and O–H groups in total. The van der Waals surface area contributed by atoms with Crippen LogP contribution < -0.4 is 9.47 Å². The van der Waals surface area contributed by atoms with Crippen LogP contribution in [-0.2, 0) is 30.9 Å². The van der Waals surface area contributed by atoms with E-state index in [1.165, 1.54) is 20.1 Å². The van der Waals surface area contributed by atoms with Gasteiger partial charge < -0.3 is 29.2 Å². The van der Waals surface area contributed by atoms with Crippen LogP contribution in [0.15, 0.2) is 34.9 Å². The lowest BCUT2D eigenvalue weighted by molar-refractivity contribution is -0.190. The molecule has 9 heteroatoms. The maximum atomic E-state index is 14.8.